The van der Waals surface area contributed by atoms with E-state index in [-0.39, 0.29) is 32.3 Å². The van der Waals surface area contributed by atoms with E-state index in [1.165, 1.54) is 24.1 Å². The second kappa shape index (κ2) is 10.1. The summed E-state index contributed by atoms with van der Waals surface area (Å²) in [7, 11) is 1.39. The third-order valence-electron chi connectivity index (χ3n) is 6.50. The number of anilines is 1. The van der Waals surface area contributed by atoms with Gasteiger partial charge in [0.05, 0.1) is 29.3 Å². The van der Waals surface area contributed by atoms with Gasteiger partial charge in [-0.05, 0) is 53.3 Å². The molecule has 192 valence electrons. The monoisotopic (exact) mass is 557 g/mol. The van der Waals surface area contributed by atoms with Crippen molar-refractivity contribution in [2.45, 2.75) is 39.2 Å². The maximum absolute atomic E-state index is 13.5. The molecule has 1 amide bonds. The largest absolute Gasteiger partial charge is 0.507 e. The maximum atomic E-state index is 13.5. The standard InChI is InChI=1S/C29H26Cl3NO4/c1-15-20(31)7-6-8-22(15)33-24(16-9-11-17(12-10-16)29(2,3)4)23(26(35)28(33)36)25(34)19-13-18(30)14-21(32)27(19)37-5/h6-14,24,34H,1-5H3/b25-23+. The van der Waals surface area contributed by atoms with Crippen LogP contribution >= 0.6 is 34.8 Å². The lowest BCUT2D eigenvalue weighted by Crippen LogP contribution is -2.30. The van der Waals surface area contributed by atoms with Gasteiger partial charge in [0, 0.05) is 15.7 Å². The molecule has 3 aromatic rings. The van der Waals surface area contributed by atoms with Crippen LogP contribution in [-0.4, -0.2) is 23.9 Å². The highest BCUT2D eigenvalue weighted by molar-refractivity contribution is 6.52. The Balaban J connectivity index is 2.02. The highest BCUT2D eigenvalue weighted by Gasteiger charge is 2.47. The lowest BCUT2D eigenvalue weighted by atomic mass is 9.85. The first-order valence-corrected chi connectivity index (χ1v) is 12.7. The summed E-state index contributed by atoms with van der Waals surface area (Å²) in [6, 6.07) is 14.8. The topological polar surface area (TPSA) is 66.8 Å². The van der Waals surface area contributed by atoms with Gasteiger partial charge < -0.3 is 9.84 Å². The summed E-state index contributed by atoms with van der Waals surface area (Å²) >= 11 is 18.9. The van der Waals surface area contributed by atoms with Gasteiger partial charge in [-0.15, -0.1) is 0 Å². The molecule has 0 radical (unpaired) electrons. The molecule has 1 atom stereocenters. The van der Waals surface area contributed by atoms with E-state index in [0.29, 0.717) is 21.8 Å². The van der Waals surface area contributed by atoms with Crippen molar-refractivity contribution in [3.05, 3.63) is 97.5 Å². The number of amides is 1. The van der Waals surface area contributed by atoms with Crippen LogP contribution in [0.3, 0.4) is 0 Å². The highest BCUT2D eigenvalue weighted by atomic mass is 35.5. The first-order chi connectivity index (χ1) is 17.4. The Bertz CT molecular complexity index is 1440. The number of ether oxygens (including phenoxy) is 1. The molecular formula is C29H26Cl3NO4. The number of halogens is 3. The molecule has 0 saturated carbocycles. The van der Waals surface area contributed by atoms with Crippen LogP contribution in [0.2, 0.25) is 15.1 Å². The number of nitrogens with zero attached hydrogens (tertiary/aromatic N) is 1. The van der Waals surface area contributed by atoms with Crippen molar-refractivity contribution in [1.82, 2.24) is 0 Å². The minimum absolute atomic E-state index is 0.102. The third-order valence-corrected chi connectivity index (χ3v) is 7.41. The number of carbonyl (C=O) groups excluding carboxylic acids is 2. The van der Waals surface area contributed by atoms with Crippen molar-refractivity contribution < 1.29 is 19.4 Å². The van der Waals surface area contributed by atoms with Crippen molar-refractivity contribution in [2.24, 2.45) is 0 Å². The molecule has 0 bridgehead atoms. The summed E-state index contributed by atoms with van der Waals surface area (Å²) in [5.41, 5.74) is 2.71. The number of methoxy groups -OCH3 is 1. The summed E-state index contributed by atoms with van der Waals surface area (Å²) < 4.78 is 5.40. The fourth-order valence-corrected chi connectivity index (χ4v) is 5.25. The van der Waals surface area contributed by atoms with Crippen LogP contribution in [0.1, 0.15) is 49.1 Å². The SMILES string of the molecule is COc1c(Cl)cc(Cl)cc1/C(O)=C1\C(=O)C(=O)N(c2cccc(Cl)c2C)C1c1ccc(C(C)(C)C)cc1. The van der Waals surface area contributed by atoms with Gasteiger partial charge >= 0.3 is 0 Å². The molecule has 0 aromatic heterocycles. The van der Waals surface area contributed by atoms with Crippen LogP contribution in [0.5, 0.6) is 5.75 Å². The van der Waals surface area contributed by atoms with E-state index < -0.39 is 23.5 Å². The third kappa shape index (κ3) is 4.84. The number of ketones is 1. The predicted octanol–water partition coefficient (Wildman–Crippen LogP) is 7.89. The lowest BCUT2D eigenvalue weighted by Gasteiger charge is -2.28. The van der Waals surface area contributed by atoms with Gasteiger partial charge in [-0.25, -0.2) is 0 Å². The Hall–Kier alpha value is -2.99. The van der Waals surface area contributed by atoms with E-state index in [1.807, 2.05) is 24.3 Å². The van der Waals surface area contributed by atoms with E-state index in [1.54, 1.807) is 25.1 Å². The molecule has 3 aromatic carbocycles. The van der Waals surface area contributed by atoms with Gasteiger partial charge in [0.25, 0.3) is 11.7 Å². The molecule has 1 aliphatic heterocycles. The number of benzene rings is 3. The van der Waals surface area contributed by atoms with Crippen molar-refractivity contribution in [1.29, 1.82) is 0 Å². The quantitative estimate of drug-likeness (QED) is 0.201. The summed E-state index contributed by atoms with van der Waals surface area (Å²) in [6.07, 6.45) is 0. The van der Waals surface area contributed by atoms with Gasteiger partial charge in [-0.2, -0.15) is 0 Å². The summed E-state index contributed by atoms with van der Waals surface area (Å²) in [5.74, 6) is -1.94. The van der Waals surface area contributed by atoms with Crippen molar-refractivity contribution >= 4 is 57.9 Å². The Kier molecular flexibility index (Phi) is 7.35. The summed E-state index contributed by atoms with van der Waals surface area (Å²) in [6.45, 7) is 8.06. The number of hydrogen-bond donors (Lipinski definition) is 1. The van der Waals surface area contributed by atoms with Crippen molar-refractivity contribution in [2.75, 3.05) is 12.0 Å². The Morgan fingerprint density at radius 3 is 2.22 bits per heavy atom. The van der Waals surface area contributed by atoms with Crippen LogP contribution in [-0.2, 0) is 15.0 Å². The molecule has 8 heteroatoms. The summed E-state index contributed by atoms with van der Waals surface area (Å²) in [5, 5.41) is 12.4. The zero-order chi connectivity index (χ0) is 27.2. The molecule has 1 aliphatic rings. The van der Waals surface area contributed by atoms with Gasteiger partial charge in [0.1, 0.15) is 11.5 Å². The minimum atomic E-state index is -0.936. The highest BCUT2D eigenvalue weighted by Crippen LogP contribution is 2.46. The average Bonchev–Trinajstić information content (AvgIpc) is 3.10. The zero-order valence-electron chi connectivity index (χ0n) is 21.0. The molecule has 1 N–H and O–H groups in total. The van der Waals surface area contributed by atoms with Crippen molar-refractivity contribution in [3.63, 3.8) is 0 Å². The fourth-order valence-electron chi connectivity index (χ4n) is 4.51. The van der Waals surface area contributed by atoms with E-state index >= 15 is 0 Å². The van der Waals surface area contributed by atoms with Gasteiger partial charge in [0.15, 0.2) is 0 Å². The first-order valence-electron chi connectivity index (χ1n) is 11.6. The molecule has 37 heavy (non-hydrogen) atoms. The summed E-state index contributed by atoms with van der Waals surface area (Å²) in [4.78, 5) is 28.4. The minimum Gasteiger partial charge on any atom is -0.507 e. The van der Waals surface area contributed by atoms with E-state index in [4.69, 9.17) is 39.5 Å². The van der Waals surface area contributed by atoms with E-state index in [2.05, 4.69) is 20.8 Å². The molecular weight excluding hydrogens is 533 g/mol. The number of aliphatic hydroxyl groups excluding tert-OH is 1. The van der Waals surface area contributed by atoms with Crippen LogP contribution in [0.15, 0.2) is 60.2 Å². The van der Waals surface area contributed by atoms with Gasteiger partial charge in [0.2, 0.25) is 0 Å². The molecule has 4 rings (SSSR count). The van der Waals surface area contributed by atoms with Gasteiger partial charge in [-0.3, -0.25) is 14.5 Å². The van der Waals surface area contributed by atoms with Gasteiger partial charge in [-0.1, -0.05) is 85.9 Å². The number of carbonyl (C=O) groups is 2. The second-order valence-corrected chi connectivity index (χ2v) is 11.1. The molecule has 1 fully saturated rings. The second-order valence-electron chi connectivity index (χ2n) is 9.89. The normalized spacial score (nSPS) is 17.4. The smallest absolute Gasteiger partial charge is 0.300 e. The maximum Gasteiger partial charge on any atom is 0.300 e. The number of Topliss-reactive ketones (excluding diaryl/α,β-unsaturated/α-hetero) is 1. The predicted molar refractivity (Wildman–Crippen MR) is 149 cm³/mol. The van der Waals surface area contributed by atoms with Crippen LogP contribution < -0.4 is 9.64 Å². The molecule has 1 heterocycles. The Morgan fingerprint density at radius 1 is 0.973 bits per heavy atom. The lowest BCUT2D eigenvalue weighted by molar-refractivity contribution is -0.132. The Labute approximate surface area is 231 Å². The number of hydrogen-bond acceptors (Lipinski definition) is 4. The Morgan fingerprint density at radius 2 is 1.62 bits per heavy atom. The first kappa shape index (κ1) is 27.1. The zero-order valence-corrected chi connectivity index (χ0v) is 23.3. The molecule has 0 spiro atoms. The molecule has 1 unspecified atom stereocenters. The van der Waals surface area contributed by atoms with Crippen LogP contribution in [0.4, 0.5) is 5.69 Å². The van der Waals surface area contributed by atoms with E-state index in [0.717, 1.165) is 5.56 Å². The number of rotatable bonds is 4. The van der Waals surface area contributed by atoms with Crippen molar-refractivity contribution in [3.8, 4) is 5.75 Å². The fraction of sp³-hybridized carbons (Fsp3) is 0.241. The molecule has 5 nitrogen and oxygen atoms in total. The van der Waals surface area contributed by atoms with E-state index in [9.17, 15) is 14.7 Å². The van der Waals surface area contributed by atoms with Crippen LogP contribution in [0.25, 0.3) is 5.76 Å². The molecule has 0 aliphatic carbocycles. The average molecular weight is 559 g/mol. The molecule has 1 saturated heterocycles. The van der Waals surface area contributed by atoms with Crippen LogP contribution in [0, 0.1) is 6.92 Å². The number of aliphatic hydroxyl groups is 1.